The number of benzene rings is 1. The van der Waals surface area contributed by atoms with Crippen molar-refractivity contribution in [2.24, 2.45) is 0 Å². The van der Waals surface area contributed by atoms with Crippen LogP contribution in [0.3, 0.4) is 0 Å². The summed E-state index contributed by atoms with van der Waals surface area (Å²) in [5.41, 5.74) is 1.57. The van der Waals surface area contributed by atoms with Crippen molar-refractivity contribution >= 4 is 21.6 Å². The molecule has 0 unspecified atom stereocenters. The van der Waals surface area contributed by atoms with E-state index in [-0.39, 0.29) is 4.90 Å². The Kier molecular flexibility index (Phi) is 2.21. The van der Waals surface area contributed by atoms with Gasteiger partial charge in [0.05, 0.1) is 10.4 Å². The Morgan fingerprint density at radius 2 is 2.07 bits per heavy atom. The van der Waals surface area contributed by atoms with Gasteiger partial charge in [-0.2, -0.15) is 0 Å². The SMILES string of the molecule is Cc1cnc2c([SH](=O)=O)cccc2c1. The predicted octanol–water partition coefficient (Wildman–Crippen LogP) is 1.51. The zero-order valence-corrected chi connectivity index (χ0v) is 8.49. The standard InChI is InChI=1S/C10H9NO2S/c1-7-5-8-3-2-4-9(14(12)13)10(8)11-6-7/h2-6,14H,1H3. The zero-order valence-electron chi connectivity index (χ0n) is 7.60. The van der Waals surface area contributed by atoms with Crippen molar-refractivity contribution in [2.75, 3.05) is 0 Å². The van der Waals surface area contributed by atoms with Gasteiger partial charge in [0.1, 0.15) is 0 Å². The van der Waals surface area contributed by atoms with E-state index in [1.165, 1.54) is 0 Å². The molecule has 0 N–H and O–H groups in total. The molecule has 0 saturated carbocycles. The maximum atomic E-state index is 10.9. The third kappa shape index (κ3) is 1.48. The van der Waals surface area contributed by atoms with Gasteiger partial charge < -0.3 is 0 Å². The number of aromatic nitrogens is 1. The van der Waals surface area contributed by atoms with Crippen LogP contribution in [0, 0.1) is 6.92 Å². The lowest BCUT2D eigenvalue weighted by Crippen LogP contribution is -1.87. The smallest absolute Gasteiger partial charge is 0.170 e. The van der Waals surface area contributed by atoms with Gasteiger partial charge in [-0.15, -0.1) is 0 Å². The summed E-state index contributed by atoms with van der Waals surface area (Å²) < 4.78 is 21.8. The highest BCUT2D eigenvalue weighted by atomic mass is 32.2. The Morgan fingerprint density at radius 3 is 2.79 bits per heavy atom. The van der Waals surface area contributed by atoms with Crippen molar-refractivity contribution in [2.45, 2.75) is 11.8 Å². The molecule has 1 heterocycles. The first-order valence-corrected chi connectivity index (χ1v) is 5.36. The second kappa shape index (κ2) is 3.38. The van der Waals surface area contributed by atoms with E-state index in [9.17, 15) is 8.42 Å². The van der Waals surface area contributed by atoms with Crippen LogP contribution in [-0.2, 0) is 10.7 Å². The lowest BCUT2D eigenvalue weighted by molar-refractivity contribution is 0.615. The lowest BCUT2D eigenvalue weighted by atomic mass is 10.2. The number of rotatable bonds is 1. The molecule has 0 bridgehead atoms. The second-order valence-corrected chi connectivity index (χ2v) is 4.11. The molecule has 3 nitrogen and oxygen atoms in total. The number of pyridine rings is 1. The number of thiol groups is 1. The van der Waals surface area contributed by atoms with Gasteiger partial charge in [-0.25, -0.2) is 8.42 Å². The Balaban J connectivity index is 2.88. The van der Waals surface area contributed by atoms with E-state index in [1.54, 1.807) is 18.3 Å². The molecule has 0 aliphatic rings. The monoisotopic (exact) mass is 207 g/mol. The van der Waals surface area contributed by atoms with Crippen LogP contribution in [0.15, 0.2) is 35.4 Å². The first kappa shape index (κ1) is 9.15. The molecule has 0 saturated heterocycles. The first-order chi connectivity index (χ1) is 6.68. The van der Waals surface area contributed by atoms with Crippen LogP contribution in [0.5, 0.6) is 0 Å². The fraction of sp³-hybridized carbons (Fsp3) is 0.100. The van der Waals surface area contributed by atoms with E-state index in [1.807, 2.05) is 19.1 Å². The molecule has 2 rings (SSSR count). The minimum atomic E-state index is -2.57. The largest absolute Gasteiger partial charge is 0.255 e. The third-order valence-corrected chi connectivity index (χ3v) is 2.78. The van der Waals surface area contributed by atoms with E-state index in [2.05, 4.69) is 4.98 Å². The molecular formula is C10H9NO2S. The summed E-state index contributed by atoms with van der Waals surface area (Å²) in [5.74, 6) is 0. The quantitative estimate of drug-likeness (QED) is 0.721. The topological polar surface area (TPSA) is 47.0 Å². The van der Waals surface area contributed by atoms with Crippen molar-refractivity contribution in [3.8, 4) is 0 Å². The Morgan fingerprint density at radius 1 is 1.29 bits per heavy atom. The van der Waals surface area contributed by atoms with Gasteiger partial charge in [0.15, 0.2) is 10.7 Å². The first-order valence-electron chi connectivity index (χ1n) is 4.18. The molecule has 2 aromatic rings. The molecule has 0 radical (unpaired) electrons. The summed E-state index contributed by atoms with van der Waals surface area (Å²) in [4.78, 5) is 4.41. The minimum Gasteiger partial charge on any atom is -0.255 e. The molecule has 1 aromatic heterocycles. The Labute approximate surface area is 83.4 Å². The molecule has 4 heteroatoms. The van der Waals surface area contributed by atoms with Crippen molar-refractivity contribution in [3.63, 3.8) is 0 Å². The van der Waals surface area contributed by atoms with Crippen LogP contribution in [0.4, 0.5) is 0 Å². The van der Waals surface area contributed by atoms with Gasteiger partial charge in [-0.05, 0) is 24.6 Å². The van der Waals surface area contributed by atoms with Crippen LogP contribution in [0.1, 0.15) is 5.56 Å². The fourth-order valence-corrected chi connectivity index (χ4v) is 1.97. The highest BCUT2D eigenvalue weighted by Crippen LogP contribution is 2.18. The van der Waals surface area contributed by atoms with E-state index < -0.39 is 10.7 Å². The van der Waals surface area contributed by atoms with Crippen molar-refractivity contribution in [1.29, 1.82) is 0 Å². The molecular weight excluding hydrogens is 198 g/mol. The number of aryl methyl sites for hydroxylation is 1. The van der Waals surface area contributed by atoms with Crippen LogP contribution >= 0.6 is 0 Å². The van der Waals surface area contributed by atoms with Gasteiger partial charge in [-0.1, -0.05) is 12.1 Å². The average molecular weight is 207 g/mol. The summed E-state index contributed by atoms with van der Waals surface area (Å²) in [7, 11) is -2.57. The number of fused-ring (bicyclic) bond motifs is 1. The van der Waals surface area contributed by atoms with E-state index in [0.717, 1.165) is 10.9 Å². The number of para-hydroxylation sites is 1. The summed E-state index contributed by atoms with van der Waals surface area (Å²) in [6.07, 6.45) is 1.67. The maximum Gasteiger partial charge on any atom is 0.170 e. The molecule has 0 fully saturated rings. The number of hydrogen-bond donors (Lipinski definition) is 1. The van der Waals surface area contributed by atoms with Crippen LogP contribution in [-0.4, -0.2) is 13.4 Å². The average Bonchev–Trinajstić information content (AvgIpc) is 2.16. The zero-order chi connectivity index (χ0) is 10.1. The summed E-state index contributed by atoms with van der Waals surface area (Å²) in [6, 6.07) is 7.07. The molecule has 0 amide bonds. The van der Waals surface area contributed by atoms with E-state index in [4.69, 9.17) is 0 Å². The fourth-order valence-electron chi connectivity index (χ4n) is 1.40. The van der Waals surface area contributed by atoms with Crippen molar-refractivity contribution < 1.29 is 8.42 Å². The molecule has 14 heavy (non-hydrogen) atoms. The normalized spacial score (nSPS) is 11.0. The van der Waals surface area contributed by atoms with Crippen LogP contribution < -0.4 is 0 Å². The van der Waals surface area contributed by atoms with Gasteiger partial charge >= 0.3 is 0 Å². The second-order valence-electron chi connectivity index (χ2n) is 3.12. The lowest BCUT2D eigenvalue weighted by Gasteiger charge is -2.00. The van der Waals surface area contributed by atoms with E-state index >= 15 is 0 Å². The van der Waals surface area contributed by atoms with Gasteiger partial charge in [0.2, 0.25) is 0 Å². The highest BCUT2D eigenvalue weighted by molar-refractivity contribution is 7.72. The molecule has 0 atom stereocenters. The predicted molar refractivity (Wildman–Crippen MR) is 55.1 cm³/mol. The summed E-state index contributed by atoms with van der Waals surface area (Å²) >= 11 is 0. The van der Waals surface area contributed by atoms with Crippen LogP contribution in [0.25, 0.3) is 10.9 Å². The highest BCUT2D eigenvalue weighted by Gasteiger charge is 2.03. The van der Waals surface area contributed by atoms with Gasteiger partial charge in [0.25, 0.3) is 0 Å². The summed E-state index contributed by atoms with van der Waals surface area (Å²) in [5, 5.41) is 0.863. The molecule has 72 valence electrons. The Bertz CT molecular complexity index is 553. The Hall–Kier alpha value is -1.42. The van der Waals surface area contributed by atoms with Crippen molar-refractivity contribution in [1.82, 2.24) is 4.98 Å². The number of hydrogen-bond acceptors (Lipinski definition) is 3. The molecule has 1 aromatic carbocycles. The maximum absolute atomic E-state index is 10.9. The van der Waals surface area contributed by atoms with Crippen LogP contribution in [0.2, 0.25) is 0 Å². The minimum absolute atomic E-state index is 0.289. The van der Waals surface area contributed by atoms with Gasteiger partial charge in [0, 0.05) is 11.6 Å². The summed E-state index contributed by atoms with van der Waals surface area (Å²) in [6.45, 7) is 1.93. The van der Waals surface area contributed by atoms with E-state index in [0.29, 0.717) is 5.52 Å². The van der Waals surface area contributed by atoms with Gasteiger partial charge in [-0.3, -0.25) is 4.98 Å². The molecule has 0 aliphatic heterocycles. The molecule has 0 spiro atoms. The number of nitrogens with zero attached hydrogens (tertiary/aromatic N) is 1. The van der Waals surface area contributed by atoms with Crippen molar-refractivity contribution in [3.05, 3.63) is 36.0 Å². The molecule has 0 aliphatic carbocycles. The third-order valence-electron chi connectivity index (χ3n) is 2.02.